The zero-order valence-electron chi connectivity index (χ0n) is 11.7. The Labute approximate surface area is 108 Å². The van der Waals surface area contributed by atoms with Gasteiger partial charge in [0.15, 0.2) is 0 Å². The standard InChI is InChI=1S/C15H20N2O/c1-10(2)13(18)15(3,4)14-16-11-8-6-7-9-12(11)17(14)5/h6-10H,1-5H3. The lowest BCUT2D eigenvalue weighted by Crippen LogP contribution is -2.35. The molecule has 0 aliphatic carbocycles. The first kappa shape index (κ1) is 12.8. The number of Topliss-reactive ketones (excluding diaryl/α,β-unsaturated/α-hetero) is 1. The maximum Gasteiger partial charge on any atom is 0.148 e. The van der Waals surface area contributed by atoms with Crippen molar-refractivity contribution in [2.75, 3.05) is 0 Å². The highest BCUT2D eigenvalue weighted by molar-refractivity contribution is 5.91. The molecule has 1 heterocycles. The monoisotopic (exact) mass is 244 g/mol. The summed E-state index contributed by atoms with van der Waals surface area (Å²) < 4.78 is 2.02. The van der Waals surface area contributed by atoms with Crippen LogP contribution in [-0.2, 0) is 17.3 Å². The van der Waals surface area contributed by atoms with E-state index in [1.54, 1.807) is 0 Å². The summed E-state index contributed by atoms with van der Waals surface area (Å²) in [5.74, 6) is 1.07. The number of carbonyl (C=O) groups is 1. The second kappa shape index (κ2) is 4.23. The highest BCUT2D eigenvalue weighted by Gasteiger charge is 2.35. The molecule has 0 saturated heterocycles. The van der Waals surface area contributed by atoms with Gasteiger partial charge in [-0.1, -0.05) is 26.0 Å². The largest absolute Gasteiger partial charge is 0.330 e. The molecule has 0 radical (unpaired) electrons. The van der Waals surface area contributed by atoms with Crippen molar-refractivity contribution >= 4 is 16.8 Å². The summed E-state index contributed by atoms with van der Waals surface area (Å²) >= 11 is 0. The summed E-state index contributed by atoms with van der Waals surface area (Å²) in [4.78, 5) is 17.0. The van der Waals surface area contributed by atoms with E-state index < -0.39 is 5.41 Å². The molecule has 2 rings (SSSR count). The molecule has 0 unspecified atom stereocenters. The molecular weight excluding hydrogens is 224 g/mol. The zero-order chi connectivity index (χ0) is 13.5. The van der Waals surface area contributed by atoms with E-state index in [9.17, 15) is 4.79 Å². The highest BCUT2D eigenvalue weighted by atomic mass is 16.1. The van der Waals surface area contributed by atoms with Crippen LogP contribution in [0.4, 0.5) is 0 Å². The van der Waals surface area contributed by atoms with Crippen LogP contribution in [0.15, 0.2) is 24.3 Å². The first-order valence-corrected chi connectivity index (χ1v) is 6.32. The van der Waals surface area contributed by atoms with Crippen molar-refractivity contribution in [1.29, 1.82) is 0 Å². The minimum Gasteiger partial charge on any atom is -0.330 e. The van der Waals surface area contributed by atoms with Gasteiger partial charge in [-0.25, -0.2) is 4.98 Å². The molecule has 0 fully saturated rings. The summed E-state index contributed by atoms with van der Waals surface area (Å²) in [6.45, 7) is 7.78. The predicted molar refractivity (Wildman–Crippen MR) is 73.6 cm³/mol. The maximum atomic E-state index is 12.3. The lowest BCUT2D eigenvalue weighted by molar-refractivity contribution is -0.126. The van der Waals surface area contributed by atoms with Crippen LogP contribution in [0.3, 0.4) is 0 Å². The number of benzene rings is 1. The minimum absolute atomic E-state index is 0.0137. The van der Waals surface area contributed by atoms with Crippen LogP contribution in [0.25, 0.3) is 11.0 Å². The summed E-state index contributed by atoms with van der Waals surface area (Å²) in [7, 11) is 1.97. The molecule has 0 aliphatic heterocycles. The Hall–Kier alpha value is -1.64. The van der Waals surface area contributed by atoms with E-state index >= 15 is 0 Å². The van der Waals surface area contributed by atoms with Crippen molar-refractivity contribution in [3.05, 3.63) is 30.1 Å². The Kier molecular flexibility index (Phi) is 3.01. The number of aryl methyl sites for hydroxylation is 1. The number of nitrogens with zero attached hydrogens (tertiary/aromatic N) is 2. The lowest BCUT2D eigenvalue weighted by Gasteiger charge is -2.24. The SMILES string of the molecule is CC(C)C(=O)C(C)(C)c1nc2ccccc2n1C. The smallest absolute Gasteiger partial charge is 0.148 e. The normalized spacial score (nSPS) is 12.3. The Morgan fingerprint density at radius 2 is 1.89 bits per heavy atom. The number of carbonyl (C=O) groups excluding carboxylic acids is 1. The number of fused-ring (bicyclic) bond motifs is 1. The molecule has 0 amide bonds. The topological polar surface area (TPSA) is 34.9 Å². The zero-order valence-corrected chi connectivity index (χ0v) is 11.7. The van der Waals surface area contributed by atoms with E-state index in [0.29, 0.717) is 0 Å². The fourth-order valence-electron chi connectivity index (χ4n) is 2.54. The van der Waals surface area contributed by atoms with E-state index in [2.05, 4.69) is 4.98 Å². The van der Waals surface area contributed by atoms with E-state index in [4.69, 9.17) is 0 Å². The predicted octanol–water partition coefficient (Wildman–Crippen LogP) is 3.08. The average Bonchev–Trinajstić information content (AvgIpc) is 2.67. The first-order valence-electron chi connectivity index (χ1n) is 6.32. The molecule has 0 aliphatic rings. The van der Waals surface area contributed by atoms with Gasteiger partial charge in [0.2, 0.25) is 0 Å². The molecule has 96 valence electrons. The Morgan fingerprint density at radius 3 is 2.44 bits per heavy atom. The van der Waals surface area contributed by atoms with Crippen molar-refractivity contribution in [3.63, 3.8) is 0 Å². The Balaban J connectivity index is 2.61. The first-order chi connectivity index (χ1) is 8.35. The highest BCUT2D eigenvalue weighted by Crippen LogP contribution is 2.29. The second-order valence-corrected chi connectivity index (χ2v) is 5.63. The van der Waals surface area contributed by atoms with Crippen molar-refractivity contribution in [2.45, 2.75) is 33.1 Å². The molecular formula is C15H20N2O. The van der Waals surface area contributed by atoms with Gasteiger partial charge >= 0.3 is 0 Å². The molecule has 0 N–H and O–H groups in total. The fourth-order valence-corrected chi connectivity index (χ4v) is 2.54. The minimum atomic E-state index is -0.554. The average molecular weight is 244 g/mol. The van der Waals surface area contributed by atoms with Gasteiger partial charge in [-0.3, -0.25) is 4.79 Å². The molecule has 1 aromatic carbocycles. The van der Waals surface area contributed by atoms with E-state index in [1.807, 2.05) is 63.6 Å². The molecule has 3 heteroatoms. The van der Waals surface area contributed by atoms with Crippen molar-refractivity contribution < 1.29 is 4.79 Å². The van der Waals surface area contributed by atoms with Crippen LogP contribution >= 0.6 is 0 Å². The van der Waals surface area contributed by atoms with Crippen LogP contribution in [0.2, 0.25) is 0 Å². The Morgan fingerprint density at radius 1 is 1.28 bits per heavy atom. The fraction of sp³-hybridized carbons (Fsp3) is 0.467. The van der Waals surface area contributed by atoms with E-state index in [-0.39, 0.29) is 11.7 Å². The number of imidazole rings is 1. The quantitative estimate of drug-likeness (QED) is 0.831. The summed E-state index contributed by atoms with van der Waals surface area (Å²) in [6, 6.07) is 7.97. The van der Waals surface area contributed by atoms with Crippen LogP contribution in [0.1, 0.15) is 33.5 Å². The van der Waals surface area contributed by atoms with Gasteiger partial charge in [-0.05, 0) is 26.0 Å². The number of aromatic nitrogens is 2. The molecule has 0 spiro atoms. The number of para-hydroxylation sites is 2. The third kappa shape index (κ3) is 1.84. The van der Waals surface area contributed by atoms with E-state index in [0.717, 1.165) is 16.9 Å². The number of ketones is 1. The van der Waals surface area contributed by atoms with E-state index in [1.165, 1.54) is 0 Å². The summed E-state index contributed by atoms with van der Waals surface area (Å²) in [6.07, 6.45) is 0. The molecule has 2 aromatic rings. The van der Waals surface area contributed by atoms with Gasteiger partial charge in [0.25, 0.3) is 0 Å². The molecule has 0 atom stereocenters. The van der Waals surface area contributed by atoms with Gasteiger partial charge in [0.05, 0.1) is 16.4 Å². The molecule has 0 bridgehead atoms. The van der Waals surface area contributed by atoms with Gasteiger partial charge in [0.1, 0.15) is 11.6 Å². The van der Waals surface area contributed by atoms with Crippen molar-refractivity contribution in [3.8, 4) is 0 Å². The number of hydrogen-bond donors (Lipinski definition) is 0. The number of hydrogen-bond acceptors (Lipinski definition) is 2. The van der Waals surface area contributed by atoms with Crippen LogP contribution in [0.5, 0.6) is 0 Å². The summed E-state index contributed by atoms with van der Waals surface area (Å²) in [5.41, 5.74) is 1.46. The maximum absolute atomic E-state index is 12.3. The van der Waals surface area contributed by atoms with Crippen LogP contribution in [-0.4, -0.2) is 15.3 Å². The van der Waals surface area contributed by atoms with Gasteiger partial charge in [-0.15, -0.1) is 0 Å². The van der Waals surface area contributed by atoms with Gasteiger partial charge in [-0.2, -0.15) is 0 Å². The molecule has 1 aromatic heterocycles. The second-order valence-electron chi connectivity index (χ2n) is 5.63. The third-order valence-electron chi connectivity index (χ3n) is 3.49. The van der Waals surface area contributed by atoms with Gasteiger partial charge in [0, 0.05) is 13.0 Å². The Bertz CT molecular complexity index is 594. The van der Waals surface area contributed by atoms with Crippen molar-refractivity contribution in [1.82, 2.24) is 9.55 Å². The van der Waals surface area contributed by atoms with Gasteiger partial charge < -0.3 is 4.57 Å². The molecule has 18 heavy (non-hydrogen) atoms. The molecule has 3 nitrogen and oxygen atoms in total. The molecule has 0 saturated carbocycles. The number of rotatable bonds is 3. The van der Waals surface area contributed by atoms with Crippen LogP contribution < -0.4 is 0 Å². The van der Waals surface area contributed by atoms with Crippen molar-refractivity contribution in [2.24, 2.45) is 13.0 Å². The summed E-state index contributed by atoms with van der Waals surface area (Å²) in [5, 5.41) is 0. The third-order valence-corrected chi connectivity index (χ3v) is 3.49. The lowest BCUT2D eigenvalue weighted by atomic mass is 9.81. The van der Waals surface area contributed by atoms with Crippen LogP contribution in [0, 0.1) is 5.92 Å².